The van der Waals surface area contributed by atoms with E-state index in [0.29, 0.717) is 5.41 Å². The van der Waals surface area contributed by atoms with Crippen molar-refractivity contribution in [3.05, 3.63) is 23.8 Å². The highest BCUT2D eigenvalue weighted by Crippen LogP contribution is 2.64. The van der Waals surface area contributed by atoms with Crippen LogP contribution in [-0.4, -0.2) is 23.4 Å². The number of rotatable bonds is 2. The molecule has 0 atom stereocenters. The lowest BCUT2D eigenvalue weighted by atomic mass is 9.41. The lowest BCUT2D eigenvalue weighted by molar-refractivity contribution is -0.0268. The maximum Gasteiger partial charge on any atom is 0.495 e. The number of hydrogen-bond acceptors (Lipinski definition) is 3. The molecule has 0 unspecified atom stereocenters. The Hall–Kier alpha value is -0.995. The fourth-order valence-corrected chi connectivity index (χ4v) is 4.01. The Morgan fingerprint density at radius 2 is 1.62 bits per heavy atom. The van der Waals surface area contributed by atoms with E-state index in [1.54, 1.807) is 6.07 Å². The molecule has 1 aromatic rings. The summed E-state index contributed by atoms with van der Waals surface area (Å²) in [6.07, 6.45) is 3.85. The molecule has 1 N–H and O–H groups in total. The van der Waals surface area contributed by atoms with Crippen LogP contribution in [0, 0.1) is 5.92 Å². The third kappa shape index (κ3) is 1.75. The molecule has 4 fully saturated rings. The van der Waals surface area contributed by atoms with Crippen LogP contribution in [-0.2, 0) is 14.7 Å². The van der Waals surface area contributed by atoms with Crippen molar-refractivity contribution in [2.75, 3.05) is 0 Å². The normalized spacial score (nSPS) is 35.2. The van der Waals surface area contributed by atoms with Gasteiger partial charge < -0.3 is 14.4 Å². The van der Waals surface area contributed by atoms with Gasteiger partial charge in [0.25, 0.3) is 0 Å². The minimum Gasteiger partial charge on any atom is -0.508 e. The first kappa shape index (κ1) is 13.7. The average Bonchev–Trinajstić information content (AvgIpc) is 2.46. The summed E-state index contributed by atoms with van der Waals surface area (Å²) in [7, 11) is -0.383. The smallest absolute Gasteiger partial charge is 0.495 e. The Kier molecular flexibility index (Phi) is 2.50. The molecule has 5 rings (SSSR count). The van der Waals surface area contributed by atoms with E-state index in [-0.39, 0.29) is 24.1 Å². The molecular weight excluding hydrogens is 263 g/mol. The van der Waals surface area contributed by atoms with E-state index in [2.05, 4.69) is 33.8 Å². The largest absolute Gasteiger partial charge is 0.508 e. The van der Waals surface area contributed by atoms with E-state index in [0.717, 1.165) is 11.4 Å². The Morgan fingerprint density at radius 3 is 2.10 bits per heavy atom. The maximum atomic E-state index is 9.92. The Balaban J connectivity index is 1.74. The lowest BCUT2D eigenvalue weighted by Crippen LogP contribution is -2.58. The average molecular weight is 286 g/mol. The van der Waals surface area contributed by atoms with E-state index in [9.17, 15) is 5.11 Å². The van der Waals surface area contributed by atoms with Crippen molar-refractivity contribution in [1.82, 2.24) is 0 Å². The summed E-state index contributed by atoms with van der Waals surface area (Å²) in [6, 6.07) is 5.70. The van der Waals surface area contributed by atoms with Crippen LogP contribution in [0.1, 0.15) is 52.5 Å². The molecule has 112 valence electrons. The summed E-state index contributed by atoms with van der Waals surface area (Å²) in [5, 5.41) is 9.92. The quantitative estimate of drug-likeness (QED) is 0.850. The summed E-state index contributed by atoms with van der Waals surface area (Å²) in [4.78, 5) is 0. The van der Waals surface area contributed by atoms with Crippen molar-refractivity contribution in [2.24, 2.45) is 5.92 Å². The van der Waals surface area contributed by atoms with E-state index in [1.807, 2.05) is 6.07 Å². The third-order valence-corrected chi connectivity index (χ3v) is 6.15. The van der Waals surface area contributed by atoms with E-state index < -0.39 is 0 Å². The Labute approximate surface area is 126 Å². The SMILES string of the molecule is CC1(C)OB(c2cc(O)ccc2C23CC(C2)C3)OC1(C)C. The van der Waals surface area contributed by atoms with Gasteiger partial charge in [-0.05, 0) is 81.4 Å². The summed E-state index contributed by atoms with van der Waals surface area (Å²) in [5.41, 5.74) is 1.98. The molecule has 0 spiro atoms. The fraction of sp³-hybridized carbons (Fsp3) is 0.647. The molecule has 1 aromatic carbocycles. The summed E-state index contributed by atoms with van der Waals surface area (Å²) in [6.45, 7) is 8.26. The maximum absolute atomic E-state index is 9.92. The van der Waals surface area contributed by atoms with Crippen LogP contribution in [0.2, 0.25) is 0 Å². The molecule has 0 aromatic heterocycles. The van der Waals surface area contributed by atoms with Crippen LogP contribution in [0.5, 0.6) is 5.75 Å². The molecule has 0 amide bonds. The van der Waals surface area contributed by atoms with Gasteiger partial charge >= 0.3 is 7.12 Å². The molecule has 2 bridgehead atoms. The second-order valence-corrected chi connectivity index (χ2v) is 8.12. The molecule has 3 aliphatic carbocycles. The van der Waals surface area contributed by atoms with Crippen LogP contribution in [0.4, 0.5) is 0 Å². The van der Waals surface area contributed by atoms with Crippen LogP contribution in [0.15, 0.2) is 18.2 Å². The molecule has 3 nitrogen and oxygen atoms in total. The first-order valence-corrected chi connectivity index (χ1v) is 7.92. The highest BCUT2D eigenvalue weighted by atomic mass is 16.7. The zero-order valence-electron chi connectivity index (χ0n) is 13.3. The van der Waals surface area contributed by atoms with Crippen LogP contribution < -0.4 is 5.46 Å². The molecule has 3 saturated carbocycles. The number of benzene rings is 1. The standard InChI is InChI=1S/C17H23BO3/c1-15(2)16(3,4)21-18(20-15)14-7-12(19)5-6-13(14)17-8-11(9-17)10-17/h5-7,11,19H,8-10H2,1-4H3. The predicted octanol–water partition coefficient (Wildman–Crippen LogP) is 2.74. The van der Waals surface area contributed by atoms with E-state index >= 15 is 0 Å². The Morgan fingerprint density at radius 1 is 1.05 bits per heavy atom. The van der Waals surface area contributed by atoms with Gasteiger partial charge in [0.15, 0.2) is 0 Å². The van der Waals surface area contributed by atoms with E-state index in [4.69, 9.17) is 9.31 Å². The number of aromatic hydroxyl groups is 1. The molecule has 1 heterocycles. The molecule has 0 radical (unpaired) electrons. The zero-order valence-corrected chi connectivity index (χ0v) is 13.3. The van der Waals surface area contributed by atoms with Crippen molar-refractivity contribution >= 4 is 12.6 Å². The monoisotopic (exact) mass is 286 g/mol. The van der Waals surface area contributed by atoms with Gasteiger partial charge in [-0.2, -0.15) is 0 Å². The molecule has 1 saturated heterocycles. The minimum atomic E-state index is -0.383. The topological polar surface area (TPSA) is 38.7 Å². The first-order chi connectivity index (χ1) is 9.72. The van der Waals surface area contributed by atoms with Crippen molar-refractivity contribution < 1.29 is 14.4 Å². The van der Waals surface area contributed by atoms with Gasteiger partial charge in [0.05, 0.1) is 11.2 Å². The summed E-state index contributed by atoms with van der Waals surface area (Å²) in [5.74, 6) is 1.21. The van der Waals surface area contributed by atoms with Crippen molar-refractivity contribution in [3.8, 4) is 5.75 Å². The number of phenolic OH excluding ortho intramolecular Hbond substituents is 1. The second kappa shape index (κ2) is 3.85. The molecule has 4 heteroatoms. The lowest BCUT2D eigenvalue weighted by Gasteiger charge is -2.63. The summed E-state index contributed by atoms with van der Waals surface area (Å²) < 4.78 is 12.4. The zero-order chi connectivity index (χ0) is 15.0. The third-order valence-electron chi connectivity index (χ3n) is 6.15. The highest BCUT2D eigenvalue weighted by molar-refractivity contribution is 6.62. The molecular formula is C17H23BO3. The summed E-state index contributed by atoms with van der Waals surface area (Å²) >= 11 is 0. The van der Waals surface area contributed by atoms with Crippen LogP contribution in [0.3, 0.4) is 0 Å². The van der Waals surface area contributed by atoms with E-state index in [1.165, 1.54) is 24.8 Å². The fourth-order valence-electron chi connectivity index (χ4n) is 4.01. The minimum absolute atomic E-state index is 0.287. The van der Waals surface area contributed by atoms with Gasteiger partial charge in [-0.1, -0.05) is 6.07 Å². The number of phenols is 1. The van der Waals surface area contributed by atoms with Gasteiger partial charge in [0.2, 0.25) is 0 Å². The van der Waals surface area contributed by atoms with Crippen LogP contribution >= 0.6 is 0 Å². The second-order valence-electron chi connectivity index (χ2n) is 8.12. The van der Waals surface area contributed by atoms with Crippen LogP contribution in [0.25, 0.3) is 0 Å². The van der Waals surface area contributed by atoms with Gasteiger partial charge in [-0.15, -0.1) is 0 Å². The first-order valence-electron chi connectivity index (χ1n) is 7.92. The molecule has 1 aliphatic heterocycles. The molecule has 21 heavy (non-hydrogen) atoms. The van der Waals surface area contributed by atoms with Gasteiger partial charge in [-0.3, -0.25) is 0 Å². The van der Waals surface area contributed by atoms with Crippen molar-refractivity contribution in [2.45, 2.75) is 63.6 Å². The van der Waals surface area contributed by atoms with Crippen molar-refractivity contribution in [3.63, 3.8) is 0 Å². The van der Waals surface area contributed by atoms with Crippen molar-refractivity contribution in [1.29, 1.82) is 0 Å². The highest BCUT2D eigenvalue weighted by Gasteiger charge is 2.60. The van der Waals surface area contributed by atoms with Gasteiger partial charge in [-0.25, -0.2) is 0 Å². The molecule has 4 aliphatic rings. The predicted molar refractivity (Wildman–Crippen MR) is 82.8 cm³/mol. The number of hydrogen-bond donors (Lipinski definition) is 1. The van der Waals surface area contributed by atoms with Gasteiger partial charge in [0, 0.05) is 0 Å². The van der Waals surface area contributed by atoms with Gasteiger partial charge in [0.1, 0.15) is 5.75 Å². The Bertz CT molecular complexity index is 575.